The van der Waals surface area contributed by atoms with Gasteiger partial charge in [0.2, 0.25) is 0 Å². The fourth-order valence-electron chi connectivity index (χ4n) is 11.9. The van der Waals surface area contributed by atoms with E-state index in [-0.39, 0.29) is 25.7 Å². The van der Waals surface area contributed by atoms with Crippen LogP contribution in [0.15, 0.2) is 97.2 Å². The minimum Gasteiger partial charge on any atom is -0.462 e. The highest BCUT2D eigenvalue weighted by atomic mass is 31.2. The summed E-state index contributed by atoms with van der Waals surface area (Å²) in [5.41, 5.74) is 0. The Labute approximate surface area is 658 Å². The smallest absolute Gasteiger partial charge is 0.462 e. The Morgan fingerprint density at radius 3 is 0.769 bits per heavy atom. The second-order valence-electron chi connectivity index (χ2n) is 29.1. The van der Waals surface area contributed by atoms with Crippen molar-refractivity contribution in [2.24, 2.45) is 0 Å². The lowest BCUT2D eigenvalue weighted by molar-refractivity contribution is -0.161. The molecule has 0 fully saturated rings. The zero-order valence-corrected chi connectivity index (χ0v) is 70.6. The van der Waals surface area contributed by atoms with E-state index in [2.05, 4.69) is 125 Å². The highest BCUT2D eigenvalue weighted by molar-refractivity contribution is 7.47. The van der Waals surface area contributed by atoms with Crippen molar-refractivity contribution < 1.29 is 80.2 Å². The van der Waals surface area contributed by atoms with Crippen LogP contribution in [0.1, 0.15) is 387 Å². The summed E-state index contributed by atoms with van der Waals surface area (Å²) in [6.07, 6.45) is 87.8. The van der Waals surface area contributed by atoms with E-state index >= 15 is 0 Å². The summed E-state index contributed by atoms with van der Waals surface area (Å²) in [7, 11) is -9.97. The number of allylic oxidation sites excluding steroid dienone is 16. The lowest BCUT2D eigenvalue weighted by Crippen LogP contribution is -2.30. The van der Waals surface area contributed by atoms with Gasteiger partial charge in [0, 0.05) is 25.7 Å². The Balaban J connectivity index is 5.36. The van der Waals surface area contributed by atoms with E-state index in [1.54, 1.807) is 0 Å². The number of hydrogen-bond donors (Lipinski definition) is 3. The first kappa shape index (κ1) is 104. The van der Waals surface area contributed by atoms with Crippen LogP contribution in [0.4, 0.5) is 0 Å². The van der Waals surface area contributed by atoms with Crippen molar-refractivity contribution in [1.29, 1.82) is 0 Å². The molecule has 0 aromatic carbocycles. The highest BCUT2D eigenvalue weighted by Gasteiger charge is 2.30. The Morgan fingerprint density at radius 1 is 0.269 bits per heavy atom. The third-order valence-corrected chi connectivity index (χ3v) is 20.4. The number of phosphoric acid groups is 2. The molecule has 0 spiro atoms. The molecule has 17 nitrogen and oxygen atoms in total. The van der Waals surface area contributed by atoms with E-state index in [0.29, 0.717) is 25.7 Å². The van der Waals surface area contributed by atoms with Gasteiger partial charge in [0.15, 0.2) is 12.2 Å². The molecule has 5 atom stereocenters. The number of esters is 4. The van der Waals surface area contributed by atoms with Crippen molar-refractivity contribution in [3.8, 4) is 0 Å². The molecule has 0 radical (unpaired) electrons. The first-order valence-electron chi connectivity index (χ1n) is 43.5. The van der Waals surface area contributed by atoms with E-state index < -0.39 is 97.5 Å². The molecule has 0 saturated heterocycles. The summed E-state index contributed by atoms with van der Waals surface area (Å²) in [4.78, 5) is 73.3. The standard InChI is InChI=1S/C89H158O17P2/c1-5-9-13-17-21-25-29-33-37-39-41-43-47-49-53-57-61-65-69-73-86(91)99-79-84(105-88(93)75-71-67-63-59-55-51-45-35-31-27-23-19-15-11-7-3)81-103-107(95,96)101-77-83(90)78-102-108(97,98)104-82-85(106-89(94)76-72-68-64-60-56-52-46-36-32-28-24-20-16-12-8-4)80-100-87(92)74-70-66-62-58-54-50-48-44-42-40-38-34-30-26-22-18-14-10-6-2/h9,13,21-22,25-26,33-35,37-38,41-45,83-85,90H,5-8,10-12,14-20,23-24,27-32,36,39-40,46-82H2,1-4H3,(H,95,96)(H,97,98)/b13-9-,25-21-,26-22-,37-33-,38-34-,43-41-,44-42-,45-35-. The maximum atomic E-state index is 13.1. The van der Waals surface area contributed by atoms with E-state index in [4.69, 9.17) is 37.0 Å². The van der Waals surface area contributed by atoms with Crippen molar-refractivity contribution in [3.05, 3.63) is 97.2 Å². The molecule has 0 bridgehead atoms. The maximum Gasteiger partial charge on any atom is 0.472 e. The highest BCUT2D eigenvalue weighted by Crippen LogP contribution is 2.45. The molecule has 0 rings (SSSR count). The Bertz CT molecular complexity index is 2420. The first-order chi connectivity index (χ1) is 52.7. The lowest BCUT2D eigenvalue weighted by Gasteiger charge is -2.21. The number of aliphatic hydroxyl groups excluding tert-OH is 1. The quantitative estimate of drug-likeness (QED) is 0.0169. The van der Waals surface area contributed by atoms with Crippen LogP contribution < -0.4 is 0 Å². The van der Waals surface area contributed by atoms with Gasteiger partial charge < -0.3 is 33.8 Å². The van der Waals surface area contributed by atoms with Gasteiger partial charge in [-0.1, -0.05) is 330 Å². The van der Waals surface area contributed by atoms with Gasteiger partial charge in [0.25, 0.3) is 0 Å². The molecule has 0 saturated carbocycles. The molecule has 5 unspecified atom stereocenters. The van der Waals surface area contributed by atoms with Crippen LogP contribution in [0.2, 0.25) is 0 Å². The SMILES string of the molecule is CC/C=C\C/C=C\C/C=C\C/C=C\CCCCCCCCC(=O)OCC(COP(=O)(O)OCC(O)COP(=O)(O)OCC(COC(=O)CCCCCCCC/C=C\C/C=C\C/C=C\CCCCC)OC(=O)CCCCCCCCCCCCCCCCC)OC(=O)CCCCCCC/C=C\CCCCCCCC. The first-order valence-corrected chi connectivity index (χ1v) is 46.5. The van der Waals surface area contributed by atoms with Crippen LogP contribution >= 0.6 is 15.6 Å². The average molecular weight is 1560 g/mol. The minimum absolute atomic E-state index is 0.0827. The fraction of sp³-hybridized carbons (Fsp3) is 0.775. The average Bonchev–Trinajstić information content (AvgIpc) is 0.923. The van der Waals surface area contributed by atoms with Gasteiger partial charge in [0.1, 0.15) is 19.3 Å². The maximum absolute atomic E-state index is 13.1. The van der Waals surface area contributed by atoms with Gasteiger partial charge in [-0.05, 0) is 128 Å². The van der Waals surface area contributed by atoms with Gasteiger partial charge >= 0.3 is 39.5 Å². The third-order valence-electron chi connectivity index (χ3n) is 18.5. The molecule has 19 heteroatoms. The van der Waals surface area contributed by atoms with Crippen molar-refractivity contribution >= 4 is 39.5 Å². The molecule has 0 aliphatic rings. The van der Waals surface area contributed by atoms with Gasteiger partial charge in [0.05, 0.1) is 26.4 Å². The molecule has 0 aromatic heterocycles. The zero-order chi connectivity index (χ0) is 78.9. The zero-order valence-electron chi connectivity index (χ0n) is 68.8. The molecule has 0 aliphatic heterocycles. The van der Waals surface area contributed by atoms with Crippen molar-refractivity contribution in [2.75, 3.05) is 39.6 Å². The van der Waals surface area contributed by atoms with Crippen LogP contribution in [0.3, 0.4) is 0 Å². The molecule has 108 heavy (non-hydrogen) atoms. The van der Waals surface area contributed by atoms with Crippen LogP contribution in [0.25, 0.3) is 0 Å². The largest absolute Gasteiger partial charge is 0.472 e. The fourth-order valence-corrected chi connectivity index (χ4v) is 13.5. The molecule has 0 aliphatic carbocycles. The van der Waals surface area contributed by atoms with Crippen molar-refractivity contribution in [3.63, 3.8) is 0 Å². The predicted octanol–water partition coefficient (Wildman–Crippen LogP) is 25.9. The monoisotopic (exact) mass is 1560 g/mol. The minimum atomic E-state index is -4.99. The van der Waals surface area contributed by atoms with Crippen LogP contribution in [0, 0.1) is 0 Å². The number of phosphoric ester groups is 2. The summed E-state index contributed by atoms with van der Waals surface area (Å²) in [6, 6.07) is 0. The van der Waals surface area contributed by atoms with E-state index in [1.807, 2.05) is 0 Å². The molecular formula is C89H158O17P2. The lowest BCUT2D eigenvalue weighted by atomic mass is 10.0. The van der Waals surface area contributed by atoms with E-state index in [9.17, 15) is 43.2 Å². The third kappa shape index (κ3) is 80.0. The second kappa shape index (κ2) is 81.0. The van der Waals surface area contributed by atoms with Gasteiger partial charge in [-0.25, -0.2) is 9.13 Å². The molecule has 3 N–H and O–H groups in total. The van der Waals surface area contributed by atoms with Gasteiger partial charge in [-0.2, -0.15) is 0 Å². The van der Waals surface area contributed by atoms with Crippen LogP contribution in [-0.2, 0) is 65.4 Å². The normalized spacial score (nSPS) is 14.2. The molecule has 0 amide bonds. The summed E-state index contributed by atoms with van der Waals surface area (Å²) in [5.74, 6) is -2.18. The summed E-state index contributed by atoms with van der Waals surface area (Å²) >= 11 is 0. The Hall–Kier alpha value is -4.02. The van der Waals surface area contributed by atoms with Crippen molar-refractivity contribution in [1.82, 2.24) is 0 Å². The number of aliphatic hydroxyl groups is 1. The van der Waals surface area contributed by atoms with E-state index in [1.165, 1.54) is 122 Å². The second-order valence-corrected chi connectivity index (χ2v) is 32.0. The van der Waals surface area contributed by atoms with Gasteiger partial charge in [-0.15, -0.1) is 0 Å². The molecule has 0 heterocycles. The van der Waals surface area contributed by atoms with Gasteiger partial charge in [-0.3, -0.25) is 37.3 Å². The molecule has 626 valence electrons. The van der Waals surface area contributed by atoms with Crippen LogP contribution in [0.5, 0.6) is 0 Å². The van der Waals surface area contributed by atoms with Crippen molar-refractivity contribution in [2.45, 2.75) is 406 Å². The number of carbonyl (C=O) groups excluding carboxylic acids is 4. The Kier molecular flexibility index (Phi) is 78.0. The van der Waals surface area contributed by atoms with Crippen LogP contribution in [-0.4, -0.2) is 96.7 Å². The number of ether oxygens (including phenoxy) is 4. The Morgan fingerprint density at radius 2 is 0.481 bits per heavy atom. The summed E-state index contributed by atoms with van der Waals surface area (Å²) in [5, 5.41) is 10.7. The molecular weight excluding hydrogens is 1400 g/mol. The molecule has 0 aromatic rings. The predicted molar refractivity (Wildman–Crippen MR) is 446 cm³/mol. The summed E-state index contributed by atoms with van der Waals surface area (Å²) in [6.45, 7) is 4.78. The number of unbranched alkanes of at least 4 members (excludes halogenated alkanes) is 40. The number of hydrogen-bond acceptors (Lipinski definition) is 15. The van der Waals surface area contributed by atoms with E-state index in [0.717, 1.165) is 186 Å². The summed E-state index contributed by atoms with van der Waals surface area (Å²) < 4.78 is 68.9. The number of rotatable bonds is 82. The number of carbonyl (C=O) groups is 4. The topological polar surface area (TPSA) is 237 Å².